The second kappa shape index (κ2) is 6.74. The molecular weight excluding hydrogens is 350 g/mol. The fourth-order valence-electron chi connectivity index (χ4n) is 2.96. The Kier molecular flexibility index (Phi) is 4.78. The molecule has 140 valence electrons. The summed E-state index contributed by atoms with van der Waals surface area (Å²) in [5, 5.41) is 38.4. The fourth-order valence-corrected chi connectivity index (χ4v) is 2.96. The van der Waals surface area contributed by atoms with Gasteiger partial charge in [-0.25, -0.2) is 9.69 Å². The van der Waals surface area contributed by atoms with Crippen molar-refractivity contribution in [2.24, 2.45) is 0 Å². The maximum atomic E-state index is 12.4. The molecule has 0 radical (unpaired) electrons. The molecule has 0 bridgehead atoms. The van der Waals surface area contributed by atoms with Gasteiger partial charge >= 0.3 is 5.97 Å². The number of ether oxygens (including phenoxy) is 2. The van der Waals surface area contributed by atoms with Gasteiger partial charge in [0.25, 0.3) is 11.8 Å². The van der Waals surface area contributed by atoms with Gasteiger partial charge in [-0.1, -0.05) is 12.1 Å². The third-order valence-electron chi connectivity index (χ3n) is 4.33. The Balaban J connectivity index is 1.77. The first-order valence-electron chi connectivity index (χ1n) is 7.79. The number of carbonyl (C=O) groups is 3. The number of benzene rings is 1. The Labute approximate surface area is 147 Å². The highest BCUT2D eigenvalue weighted by atomic mass is 16.7. The van der Waals surface area contributed by atoms with E-state index in [0.717, 1.165) is 4.90 Å². The molecule has 2 aliphatic heterocycles. The van der Waals surface area contributed by atoms with Crippen molar-refractivity contribution >= 4 is 17.8 Å². The molecule has 2 heterocycles. The number of carboxylic acids is 1. The van der Waals surface area contributed by atoms with E-state index in [9.17, 15) is 29.7 Å². The summed E-state index contributed by atoms with van der Waals surface area (Å²) in [6.45, 7) is 1.34. The summed E-state index contributed by atoms with van der Waals surface area (Å²) >= 11 is 0. The minimum Gasteiger partial charge on any atom is -0.479 e. The van der Waals surface area contributed by atoms with Crippen LogP contribution in [0.2, 0.25) is 0 Å². The highest BCUT2D eigenvalue weighted by molar-refractivity contribution is 6.21. The van der Waals surface area contributed by atoms with Gasteiger partial charge in [0.2, 0.25) is 0 Å². The second-order valence-corrected chi connectivity index (χ2v) is 6.00. The Bertz CT molecular complexity index is 716. The van der Waals surface area contributed by atoms with Crippen LogP contribution < -0.4 is 0 Å². The lowest BCUT2D eigenvalue weighted by Crippen LogP contribution is -2.61. The lowest BCUT2D eigenvalue weighted by atomic mass is 9.99. The van der Waals surface area contributed by atoms with Crippen molar-refractivity contribution < 1.29 is 44.3 Å². The number of imide groups is 1. The van der Waals surface area contributed by atoms with E-state index in [2.05, 4.69) is 0 Å². The van der Waals surface area contributed by atoms with Gasteiger partial charge in [0, 0.05) is 0 Å². The molecule has 1 saturated heterocycles. The molecule has 1 fully saturated rings. The summed E-state index contributed by atoms with van der Waals surface area (Å²) in [4.78, 5) is 36.7. The zero-order valence-corrected chi connectivity index (χ0v) is 13.6. The Morgan fingerprint density at radius 2 is 1.62 bits per heavy atom. The summed E-state index contributed by atoms with van der Waals surface area (Å²) in [7, 11) is 0. The van der Waals surface area contributed by atoms with Gasteiger partial charge in [-0.05, 0) is 19.1 Å². The van der Waals surface area contributed by atoms with Crippen molar-refractivity contribution in [3.63, 3.8) is 0 Å². The highest BCUT2D eigenvalue weighted by Crippen LogP contribution is 2.28. The van der Waals surface area contributed by atoms with Crippen LogP contribution in [0, 0.1) is 0 Å². The quantitative estimate of drug-likeness (QED) is 0.467. The van der Waals surface area contributed by atoms with E-state index in [1.165, 1.54) is 19.1 Å². The number of nitrogens with zero attached hydrogens (tertiary/aromatic N) is 1. The molecule has 6 atom stereocenters. The maximum Gasteiger partial charge on any atom is 0.335 e. The smallest absolute Gasteiger partial charge is 0.335 e. The van der Waals surface area contributed by atoms with Crippen LogP contribution in [0.5, 0.6) is 0 Å². The summed E-state index contributed by atoms with van der Waals surface area (Å²) in [5.41, 5.74) is 0.383. The van der Waals surface area contributed by atoms with E-state index < -0.39 is 54.7 Å². The van der Waals surface area contributed by atoms with Crippen LogP contribution >= 0.6 is 0 Å². The Hall–Kier alpha value is -2.37. The molecule has 2 amide bonds. The largest absolute Gasteiger partial charge is 0.479 e. The number of hydrogen-bond donors (Lipinski definition) is 4. The van der Waals surface area contributed by atoms with Gasteiger partial charge in [-0.15, -0.1) is 0 Å². The topological polar surface area (TPSA) is 154 Å². The molecule has 3 rings (SSSR count). The van der Waals surface area contributed by atoms with E-state index in [4.69, 9.17) is 14.6 Å². The summed E-state index contributed by atoms with van der Waals surface area (Å²) in [5.74, 6) is -2.79. The van der Waals surface area contributed by atoms with E-state index in [-0.39, 0.29) is 11.1 Å². The van der Waals surface area contributed by atoms with E-state index in [0.29, 0.717) is 0 Å². The van der Waals surface area contributed by atoms with Crippen LogP contribution in [0.15, 0.2) is 24.3 Å². The molecule has 0 saturated carbocycles. The van der Waals surface area contributed by atoms with E-state index in [1.54, 1.807) is 12.1 Å². The van der Waals surface area contributed by atoms with Crippen LogP contribution in [0.3, 0.4) is 0 Å². The number of aliphatic carboxylic acids is 1. The lowest BCUT2D eigenvalue weighted by molar-refractivity contribution is -0.309. The first-order chi connectivity index (χ1) is 12.2. The molecular formula is C16H17NO9. The summed E-state index contributed by atoms with van der Waals surface area (Å²) in [6.07, 6.45) is -10.2. The SMILES string of the molecule is CC(O[C@@H]1O[C@H](C(=O)O)[C@@H](O)[C@H](O)[C@H]1O)N1C(=O)c2ccccc2C1=O. The van der Waals surface area contributed by atoms with Crippen LogP contribution in [-0.2, 0) is 14.3 Å². The highest BCUT2D eigenvalue weighted by Gasteiger charge is 2.49. The predicted molar refractivity (Wildman–Crippen MR) is 81.8 cm³/mol. The van der Waals surface area contributed by atoms with Gasteiger partial charge in [0.15, 0.2) is 12.4 Å². The normalized spacial score (nSPS) is 32.5. The molecule has 10 nitrogen and oxygen atoms in total. The number of rotatable bonds is 4. The molecule has 1 aromatic carbocycles. The molecule has 0 spiro atoms. The zero-order chi connectivity index (χ0) is 19.2. The number of aliphatic hydroxyl groups is 3. The van der Waals surface area contributed by atoms with Crippen LogP contribution in [-0.4, -0.2) is 80.0 Å². The molecule has 1 aromatic rings. The number of hydrogen-bond acceptors (Lipinski definition) is 8. The van der Waals surface area contributed by atoms with Gasteiger partial charge in [-0.2, -0.15) is 0 Å². The van der Waals surface area contributed by atoms with Crippen molar-refractivity contribution in [2.45, 2.75) is 43.9 Å². The van der Waals surface area contributed by atoms with Crippen LogP contribution in [0.25, 0.3) is 0 Å². The number of aliphatic hydroxyl groups excluding tert-OH is 3. The molecule has 4 N–H and O–H groups in total. The van der Waals surface area contributed by atoms with Crippen LogP contribution in [0.1, 0.15) is 27.6 Å². The van der Waals surface area contributed by atoms with Gasteiger partial charge in [0.05, 0.1) is 11.1 Å². The first-order valence-corrected chi connectivity index (χ1v) is 7.79. The lowest BCUT2D eigenvalue weighted by Gasteiger charge is -2.40. The number of carboxylic acid groups (broad SMARTS) is 1. The number of fused-ring (bicyclic) bond motifs is 1. The zero-order valence-electron chi connectivity index (χ0n) is 13.6. The maximum absolute atomic E-state index is 12.4. The molecule has 10 heteroatoms. The average molecular weight is 367 g/mol. The standard InChI is InChI=1S/C16H17NO9/c1-6(17-13(21)7-4-2-3-5-8(7)14(17)22)25-16-11(20)9(18)10(19)12(26-16)15(23)24/h2-6,9-12,16,18-20H,1H3,(H,23,24)/t6?,9-,10-,11+,12-,16+/m0/s1. The minimum absolute atomic E-state index is 0.192. The van der Waals surface area contributed by atoms with E-state index in [1.807, 2.05) is 0 Å². The number of carbonyl (C=O) groups excluding carboxylic acids is 2. The second-order valence-electron chi connectivity index (χ2n) is 6.00. The van der Waals surface area contributed by atoms with E-state index >= 15 is 0 Å². The van der Waals surface area contributed by atoms with Crippen molar-refractivity contribution in [1.82, 2.24) is 4.90 Å². The van der Waals surface area contributed by atoms with Gasteiger partial charge in [-0.3, -0.25) is 9.59 Å². The van der Waals surface area contributed by atoms with Gasteiger partial charge < -0.3 is 29.9 Å². The molecule has 0 aromatic heterocycles. The molecule has 0 aliphatic carbocycles. The van der Waals surface area contributed by atoms with Crippen molar-refractivity contribution in [2.75, 3.05) is 0 Å². The first kappa shape index (κ1) is 18.4. The average Bonchev–Trinajstić information content (AvgIpc) is 2.86. The van der Waals surface area contributed by atoms with Crippen molar-refractivity contribution in [3.05, 3.63) is 35.4 Å². The van der Waals surface area contributed by atoms with Crippen molar-refractivity contribution in [1.29, 1.82) is 0 Å². The Morgan fingerprint density at radius 3 is 2.12 bits per heavy atom. The predicted octanol–water partition coefficient (Wildman–Crippen LogP) is -1.46. The Morgan fingerprint density at radius 1 is 1.08 bits per heavy atom. The number of amides is 2. The summed E-state index contributed by atoms with van der Waals surface area (Å²) in [6, 6.07) is 6.16. The van der Waals surface area contributed by atoms with Crippen molar-refractivity contribution in [3.8, 4) is 0 Å². The van der Waals surface area contributed by atoms with Gasteiger partial charge in [0.1, 0.15) is 24.5 Å². The molecule has 1 unspecified atom stereocenters. The molecule has 2 aliphatic rings. The van der Waals surface area contributed by atoms with Crippen LogP contribution in [0.4, 0.5) is 0 Å². The molecule has 26 heavy (non-hydrogen) atoms. The monoisotopic (exact) mass is 367 g/mol. The third kappa shape index (κ3) is 2.87. The minimum atomic E-state index is -1.86. The summed E-state index contributed by atoms with van der Waals surface area (Å²) < 4.78 is 10.3. The fraction of sp³-hybridized carbons (Fsp3) is 0.438. The third-order valence-corrected chi connectivity index (χ3v) is 4.33.